The zero-order chi connectivity index (χ0) is 21.6. The molecule has 2 aromatic heterocycles. The maximum Gasteiger partial charge on any atom is 0.289 e. The molecule has 4 heterocycles. The molecule has 1 N–H and O–H groups in total. The van der Waals surface area contributed by atoms with Crippen molar-refractivity contribution in [3.05, 3.63) is 53.5 Å². The smallest absolute Gasteiger partial charge is 0.289 e. The molecule has 2 saturated heterocycles. The van der Waals surface area contributed by atoms with Crippen molar-refractivity contribution < 1.29 is 14.3 Å². The zero-order valence-corrected chi connectivity index (χ0v) is 18.3. The molecule has 1 atom stereocenters. The summed E-state index contributed by atoms with van der Waals surface area (Å²) in [6, 6.07) is 7.75. The molecular weight excluding hydrogens is 392 g/mol. The SMILES string of the molecule is Cc1c(C(=O)N2CC(O)CC3(CCN(Cc4cnn(C)c4)CC3)C2)oc2ccccc12. The lowest BCUT2D eigenvalue weighted by molar-refractivity contribution is -0.0345. The Morgan fingerprint density at radius 1 is 1.29 bits per heavy atom. The molecule has 2 fully saturated rings. The first kappa shape index (κ1) is 20.3. The van der Waals surface area contributed by atoms with Crippen LogP contribution in [0, 0.1) is 12.3 Å². The Kier molecular flexibility index (Phi) is 5.10. The molecule has 0 saturated carbocycles. The Bertz CT molecular complexity index is 1090. The van der Waals surface area contributed by atoms with Gasteiger partial charge in [0.05, 0.1) is 12.3 Å². The average molecular weight is 423 g/mol. The Balaban J connectivity index is 1.29. The second-order valence-electron chi connectivity index (χ2n) is 9.39. The fraction of sp³-hybridized carbons (Fsp3) is 0.500. The molecule has 0 radical (unpaired) electrons. The predicted molar refractivity (Wildman–Crippen MR) is 118 cm³/mol. The van der Waals surface area contributed by atoms with Crippen LogP contribution in [0.5, 0.6) is 0 Å². The van der Waals surface area contributed by atoms with Crippen LogP contribution in [-0.2, 0) is 13.6 Å². The highest BCUT2D eigenvalue weighted by atomic mass is 16.3. The van der Waals surface area contributed by atoms with Crippen molar-refractivity contribution in [2.24, 2.45) is 12.5 Å². The van der Waals surface area contributed by atoms with Gasteiger partial charge < -0.3 is 14.4 Å². The van der Waals surface area contributed by atoms with E-state index in [1.54, 1.807) is 0 Å². The number of β-amino-alcohol motifs (C(OH)–C–C–N with tert-alkyl or cyclic N) is 1. The first-order valence-electron chi connectivity index (χ1n) is 11.1. The number of hydrogen-bond acceptors (Lipinski definition) is 5. The van der Waals surface area contributed by atoms with Gasteiger partial charge in [-0.3, -0.25) is 14.4 Å². The Labute approximate surface area is 182 Å². The second-order valence-corrected chi connectivity index (χ2v) is 9.39. The first-order chi connectivity index (χ1) is 14.9. The van der Waals surface area contributed by atoms with Crippen LogP contribution >= 0.6 is 0 Å². The summed E-state index contributed by atoms with van der Waals surface area (Å²) in [5.41, 5.74) is 2.80. The summed E-state index contributed by atoms with van der Waals surface area (Å²) in [6.07, 6.45) is 6.21. The minimum Gasteiger partial charge on any atom is -0.451 e. The number of fused-ring (bicyclic) bond motifs is 1. The van der Waals surface area contributed by atoms with E-state index in [4.69, 9.17) is 4.42 Å². The monoisotopic (exact) mass is 422 g/mol. The van der Waals surface area contributed by atoms with E-state index in [1.165, 1.54) is 5.56 Å². The number of aliphatic hydroxyl groups is 1. The summed E-state index contributed by atoms with van der Waals surface area (Å²) in [5, 5.41) is 15.9. The van der Waals surface area contributed by atoms with Gasteiger partial charge in [0.2, 0.25) is 0 Å². The molecule has 2 aliphatic rings. The van der Waals surface area contributed by atoms with Gasteiger partial charge in [-0.2, -0.15) is 5.10 Å². The van der Waals surface area contributed by atoms with Crippen molar-refractivity contribution in [3.63, 3.8) is 0 Å². The molecular formula is C24H30N4O3. The highest BCUT2D eigenvalue weighted by Gasteiger charge is 2.43. The van der Waals surface area contributed by atoms with Crippen LogP contribution in [0.4, 0.5) is 0 Å². The molecule has 1 aromatic carbocycles. The van der Waals surface area contributed by atoms with E-state index in [2.05, 4.69) is 16.2 Å². The van der Waals surface area contributed by atoms with Crippen molar-refractivity contribution in [1.82, 2.24) is 19.6 Å². The van der Waals surface area contributed by atoms with E-state index in [1.807, 2.05) is 54.0 Å². The lowest BCUT2D eigenvalue weighted by Crippen LogP contribution is -2.55. The molecule has 0 aliphatic carbocycles. The zero-order valence-electron chi connectivity index (χ0n) is 18.3. The van der Waals surface area contributed by atoms with E-state index in [-0.39, 0.29) is 11.3 Å². The molecule has 0 bridgehead atoms. The number of carbonyl (C=O) groups is 1. The van der Waals surface area contributed by atoms with Crippen LogP contribution < -0.4 is 0 Å². The van der Waals surface area contributed by atoms with Crippen LogP contribution in [-0.4, -0.2) is 62.9 Å². The number of aryl methyl sites for hydroxylation is 2. The fourth-order valence-electron chi connectivity index (χ4n) is 5.39. The van der Waals surface area contributed by atoms with Crippen molar-refractivity contribution in [1.29, 1.82) is 0 Å². The maximum atomic E-state index is 13.4. The van der Waals surface area contributed by atoms with Gasteiger partial charge in [-0.25, -0.2) is 0 Å². The molecule has 1 spiro atoms. The lowest BCUT2D eigenvalue weighted by atomic mass is 9.71. The Hall–Kier alpha value is -2.64. The van der Waals surface area contributed by atoms with Crippen molar-refractivity contribution >= 4 is 16.9 Å². The normalized spacial score (nSPS) is 21.8. The van der Waals surface area contributed by atoms with Gasteiger partial charge in [-0.15, -0.1) is 0 Å². The number of nitrogens with zero attached hydrogens (tertiary/aromatic N) is 4. The summed E-state index contributed by atoms with van der Waals surface area (Å²) in [7, 11) is 1.94. The first-order valence-corrected chi connectivity index (χ1v) is 11.1. The maximum absolute atomic E-state index is 13.4. The number of furan rings is 1. The molecule has 1 unspecified atom stereocenters. The number of likely N-dealkylation sites (tertiary alicyclic amines) is 2. The molecule has 5 rings (SSSR count). The summed E-state index contributed by atoms with van der Waals surface area (Å²) >= 11 is 0. The van der Waals surface area contributed by atoms with E-state index >= 15 is 0 Å². The van der Waals surface area contributed by atoms with Crippen LogP contribution in [0.25, 0.3) is 11.0 Å². The quantitative estimate of drug-likeness (QED) is 0.702. The number of aliphatic hydroxyl groups excluding tert-OH is 1. The Morgan fingerprint density at radius 3 is 2.77 bits per heavy atom. The van der Waals surface area contributed by atoms with E-state index in [0.717, 1.165) is 55.4 Å². The molecule has 7 nitrogen and oxygen atoms in total. The number of hydrogen-bond donors (Lipinski definition) is 1. The van der Waals surface area contributed by atoms with Crippen LogP contribution in [0.1, 0.15) is 40.9 Å². The van der Waals surface area contributed by atoms with Crippen LogP contribution in [0.15, 0.2) is 41.1 Å². The summed E-state index contributed by atoms with van der Waals surface area (Å²) in [5.74, 6) is 0.295. The van der Waals surface area contributed by atoms with Gasteiger partial charge in [0.1, 0.15) is 5.58 Å². The second kappa shape index (κ2) is 7.80. The van der Waals surface area contributed by atoms with Gasteiger partial charge in [-0.05, 0) is 50.8 Å². The van der Waals surface area contributed by atoms with Gasteiger partial charge in [0.15, 0.2) is 5.76 Å². The minimum atomic E-state index is -0.493. The fourth-order valence-corrected chi connectivity index (χ4v) is 5.39. The van der Waals surface area contributed by atoms with E-state index in [9.17, 15) is 9.90 Å². The van der Waals surface area contributed by atoms with Gasteiger partial charge in [-0.1, -0.05) is 18.2 Å². The average Bonchev–Trinajstić information content (AvgIpc) is 3.32. The minimum absolute atomic E-state index is 0.0291. The molecule has 164 valence electrons. The number of piperidine rings is 2. The molecule has 2 aliphatic heterocycles. The number of amides is 1. The number of rotatable bonds is 3. The van der Waals surface area contributed by atoms with E-state index in [0.29, 0.717) is 18.8 Å². The van der Waals surface area contributed by atoms with Crippen molar-refractivity contribution in [2.75, 3.05) is 26.2 Å². The molecule has 1 amide bonds. The highest BCUT2D eigenvalue weighted by molar-refractivity contribution is 5.99. The molecule has 31 heavy (non-hydrogen) atoms. The topological polar surface area (TPSA) is 74.7 Å². The number of aromatic nitrogens is 2. The lowest BCUT2D eigenvalue weighted by Gasteiger charge is -2.49. The highest BCUT2D eigenvalue weighted by Crippen LogP contribution is 2.41. The molecule has 3 aromatic rings. The van der Waals surface area contributed by atoms with Crippen LogP contribution in [0.2, 0.25) is 0 Å². The van der Waals surface area contributed by atoms with Gasteiger partial charge >= 0.3 is 0 Å². The largest absolute Gasteiger partial charge is 0.451 e. The standard InChI is InChI=1S/C24H30N4O3/c1-17-20-5-3-4-6-21(20)31-22(17)23(30)28-15-19(29)11-24(16-28)7-9-27(10-8-24)14-18-12-25-26(2)13-18/h3-6,12-13,19,29H,7-11,14-16H2,1-2H3. The third-order valence-corrected chi connectivity index (χ3v) is 7.03. The van der Waals surface area contributed by atoms with Crippen LogP contribution in [0.3, 0.4) is 0 Å². The van der Waals surface area contributed by atoms with Gasteiger partial charge in [0.25, 0.3) is 5.91 Å². The third-order valence-electron chi connectivity index (χ3n) is 7.03. The summed E-state index contributed by atoms with van der Waals surface area (Å²) < 4.78 is 7.76. The van der Waals surface area contributed by atoms with Crippen molar-refractivity contribution in [3.8, 4) is 0 Å². The Morgan fingerprint density at radius 2 is 2.06 bits per heavy atom. The summed E-state index contributed by atoms with van der Waals surface area (Å²) in [6.45, 7) is 5.82. The summed E-state index contributed by atoms with van der Waals surface area (Å²) in [4.78, 5) is 17.6. The third kappa shape index (κ3) is 3.88. The number of carbonyl (C=O) groups excluding carboxylic acids is 1. The van der Waals surface area contributed by atoms with E-state index < -0.39 is 6.10 Å². The molecule has 7 heteroatoms. The van der Waals surface area contributed by atoms with Gasteiger partial charge in [0, 0.05) is 49.4 Å². The van der Waals surface area contributed by atoms with Crippen molar-refractivity contribution in [2.45, 2.75) is 38.8 Å². The number of benzene rings is 1. The number of para-hydroxylation sites is 1. The predicted octanol–water partition coefficient (Wildman–Crippen LogP) is 2.96.